The van der Waals surface area contributed by atoms with Gasteiger partial charge in [0.15, 0.2) is 0 Å². The normalized spacial score (nSPS) is 27.2. The summed E-state index contributed by atoms with van der Waals surface area (Å²) in [6.45, 7) is 9.54. The van der Waals surface area contributed by atoms with Gasteiger partial charge in [0.05, 0.1) is 0 Å². The van der Waals surface area contributed by atoms with Crippen molar-refractivity contribution < 1.29 is 17.9 Å². The van der Waals surface area contributed by atoms with Crippen LogP contribution in [0.2, 0.25) is 0 Å². The van der Waals surface area contributed by atoms with Crippen LogP contribution in [0.5, 0.6) is 0 Å². The zero-order valence-electron chi connectivity index (χ0n) is 14.5. The van der Waals surface area contributed by atoms with E-state index >= 15 is 0 Å². The number of nitrogens with zero attached hydrogens (tertiary/aromatic N) is 2. The lowest BCUT2D eigenvalue weighted by molar-refractivity contribution is 0.0292. The molecule has 0 saturated carbocycles. The number of carbonyl (C=O) groups excluding carboxylic acids is 1. The molecule has 0 radical (unpaired) electrons. The van der Waals surface area contributed by atoms with Crippen LogP contribution < -0.4 is 4.72 Å². The van der Waals surface area contributed by atoms with Crippen molar-refractivity contribution >= 4 is 16.3 Å². The zero-order valence-corrected chi connectivity index (χ0v) is 15.4. The van der Waals surface area contributed by atoms with E-state index in [0.29, 0.717) is 38.5 Å². The molecule has 23 heavy (non-hydrogen) atoms. The lowest BCUT2D eigenvalue weighted by Crippen LogP contribution is -2.49. The number of piperidine rings is 1. The fourth-order valence-electron chi connectivity index (χ4n) is 3.00. The highest BCUT2D eigenvalue weighted by Gasteiger charge is 2.34. The van der Waals surface area contributed by atoms with Crippen molar-refractivity contribution in [1.82, 2.24) is 13.9 Å². The molecule has 7 nitrogen and oxygen atoms in total. The topological polar surface area (TPSA) is 79.0 Å². The first-order valence-corrected chi connectivity index (χ1v) is 9.76. The van der Waals surface area contributed by atoms with Crippen molar-refractivity contribution in [2.75, 3.05) is 26.2 Å². The van der Waals surface area contributed by atoms with E-state index in [1.54, 1.807) is 4.90 Å². The van der Waals surface area contributed by atoms with Gasteiger partial charge in [0, 0.05) is 32.2 Å². The summed E-state index contributed by atoms with van der Waals surface area (Å²) in [7, 11) is -3.48. The van der Waals surface area contributed by atoms with E-state index < -0.39 is 15.8 Å². The summed E-state index contributed by atoms with van der Waals surface area (Å²) in [6, 6.07) is -0.246. The van der Waals surface area contributed by atoms with E-state index in [1.807, 2.05) is 20.8 Å². The Bertz CT molecular complexity index is 529. The first kappa shape index (κ1) is 18.5. The Morgan fingerprint density at radius 3 is 2.48 bits per heavy atom. The number of amides is 1. The molecule has 1 amide bonds. The van der Waals surface area contributed by atoms with Gasteiger partial charge in [0.1, 0.15) is 5.60 Å². The Morgan fingerprint density at radius 2 is 1.87 bits per heavy atom. The van der Waals surface area contributed by atoms with Crippen LogP contribution in [-0.4, -0.2) is 61.5 Å². The van der Waals surface area contributed by atoms with Gasteiger partial charge in [-0.15, -0.1) is 0 Å². The Kier molecular flexibility index (Phi) is 5.58. The average molecular weight is 347 g/mol. The summed E-state index contributed by atoms with van der Waals surface area (Å²) < 4.78 is 34.5. The van der Waals surface area contributed by atoms with Crippen LogP contribution in [-0.2, 0) is 14.9 Å². The molecule has 2 heterocycles. The molecule has 134 valence electrons. The maximum atomic E-state index is 12.5. The van der Waals surface area contributed by atoms with Gasteiger partial charge in [-0.25, -0.2) is 4.79 Å². The second-order valence-electron chi connectivity index (χ2n) is 7.64. The number of carbonyl (C=O) groups is 1. The zero-order chi connectivity index (χ0) is 17.3. The molecule has 8 heteroatoms. The molecule has 0 aliphatic carbocycles. The predicted octanol–water partition coefficient (Wildman–Crippen LogP) is 1.56. The lowest BCUT2D eigenvalue weighted by atomic mass is 10.0. The molecule has 2 atom stereocenters. The molecule has 2 fully saturated rings. The van der Waals surface area contributed by atoms with E-state index in [2.05, 4.69) is 11.6 Å². The minimum Gasteiger partial charge on any atom is -0.444 e. The quantitative estimate of drug-likeness (QED) is 0.840. The monoisotopic (exact) mass is 347 g/mol. The number of nitrogens with one attached hydrogen (secondary N) is 1. The minimum absolute atomic E-state index is 0.246. The van der Waals surface area contributed by atoms with Crippen LogP contribution in [0.25, 0.3) is 0 Å². The summed E-state index contributed by atoms with van der Waals surface area (Å²) in [5, 5.41) is 0. The Morgan fingerprint density at radius 1 is 1.17 bits per heavy atom. The number of hydrogen-bond donors (Lipinski definition) is 1. The third-order valence-electron chi connectivity index (χ3n) is 4.12. The number of hydrogen-bond acceptors (Lipinski definition) is 4. The van der Waals surface area contributed by atoms with Crippen molar-refractivity contribution in [2.45, 2.75) is 58.6 Å². The van der Waals surface area contributed by atoms with E-state index in [4.69, 9.17) is 4.74 Å². The third kappa shape index (κ3) is 5.32. The Labute approximate surface area is 139 Å². The maximum absolute atomic E-state index is 12.5. The lowest BCUT2D eigenvalue weighted by Gasteiger charge is -2.31. The van der Waals surface area contributed by atoms with E-state index in [-0.39, 0.29) is 12.1 Å². The fraction of sp³-hybridized carbons (Fsp3) is 0.933. The predicted molar refractivity (Wildman–Crippen MR) is 88.2 cm³/mol. The Balaban J connectivity index is 1.88. The van der Waals surface area contributed by atoms with Gasteiger partial charge in [-0.05, 0) is 46.0 Å². The molecule has 0 aromatic rings. The van der Waals surface area contributed by atoms with Gasteiger partial charge in [0.2, 0.25) is 0 Å². The van der Waals surface area contributed by atoms with E-state index in [0.717, 1.165) is 12.8 Å². The van der Waals surface area contributed by atoms with Gasteiger partial charge in [-0.1, -0.05) is 6.92 Å². The molecule has 0 spiro atoms. The summed E-state index contributed by atoms with van der Waals surface area (Å²) in [5.41, 5.74) is -0.543. The van der Waals surface area contributed by atoms with Crippen molar-refractivity contribution in [3.8, 4) is 0 Å². The highest BCUT2D eigenvalue weighted by atomic mass is 32.2. The summed E-state index contributed by atoms with van der Waals surface area (Å²) >= 11 is 0. The van der Waals surface area contributed by atoms with Crippen molar-refractivity contribution in [3.63, 3.8) is 0 Å². The minimum atomic E-state index is -3.48. The standard InChI is InChI=1S/C15H29N3O4S/c1-12-6-5-8-18(10-12)23(20,21)16-13-7-9-17(11-13)14(19)22-15(2,3)4/h12-13,16H,5-11H2,1-4H3/t12-,13-/m1/s1. The van der Waals surface area contributed by atoms with E-state index in [1.165, 1.54) is 4.31 Å². The van der Waals surface area contributed by atoms with Crippen LogP contribution >= 0.6 is 0 Å². The largest absolute Gasteiger partial charge is 0.444 e. The van der Waals surface area contributed by atoms with Crippen LogP contribution in [0.4, 0.5) is 4.79 Å². The van der Waals surface area contributed by atoms with Crippen LogP contribution in [0.1, 0.15) is 47.0 Å². The van der Waals surface area contributed by atoms with Crippen molar-refractivity contribution in [1.29, 1.82) is 0 Å². The first-order valence-electron chi connectivity index (χ1n) is 8.32. The fourth-order valence-corrected chi connectivity index (χ4v) is 4.58. The van der Waals surface area contributed by atoms with Crippen molar-refractivity contribution in [3.05, 3.63) is 0 Å². The van der Waals surface area contributed by atoms with Crippen LogP contribution in [0.3, 0.4) is 0 Å². The highest BCUT2D eigenvalue weighted by Crippen LogP contribution is 2.20. The second kappa shape index (κ2) is 6.94. The van der Waals surface area contributed by atoms with Gasteiger partial charge < -0.3 is 9.64 Å². The molecule has 0 unspecified atom stereocenters. The molecular weight excluding hydrogens is 318 g/mol. The van der Waals surface area contributed by atoms with Gasteiger partial charge in [0.25, 0.3) is 10.2 Å². The third-order valence-corrected chi connectivity index (χ3v) is 5.76. The molecular formula is C15H29N3O4S. The summed E-state index contributed by atoms with van der Waals surface area (Å²) in [6.07, 6.45) is 2.20. The molecule has 1 N–H and O–H groups in total. The number of ether oxygens (including phenoxy) is 1. The van der Waals surface area contributed by atoms with Crippen LogP contribution in [0.15, 0.2) is 0 Å². The molecule has 2 aliphatic rings. The smallest absolute Gasteiger partial charge is 0.410 e. The van der Waals surface area contributed by atoms with Crippen molar-refractivity contribution in [2.24, 2.45) is 5.92 Å². The maximum Gasteiger partial charge on any atom is 0.410 e. The number of likely N-dealkylation sites (tertiary alicyclic amines) is 1. The average Bonchev–Trinajstić information content (AvgIpc) is 2.84. The van der Waals surface area contributed by atoms with Gasteiger partial charge >= 0.3 is 6.09 Å². The molecule has 0 bridgehead atoms. The molecule has 2 rings (SSSR count). The molecule has 2 aliphatic heterocycles. The summed E-state index contributed by atoms with van der Waals surface area (Å²) in [4.78, 5) is 13.6. The molecule has 0 aromatic heterocycles. The highest BCUT2D eigenvalue weighted by molar-refractivity contribution is 7.87. The van der Waals surface area contributed by atoms with E-state index in [9.17, 15) is 13.2 Å². The second-order valence-corrected chi connectivity index (χ2v) is 9.34. The SMILES string of the molecule is C[C@@H]1CCCN(S(=O)(=O)N[C@@H]2CCN(C(=O)OC(C)(C)C)C2)C1. The Hall–Kier alpha value is -0.860. The van der Waals surface area contributed by atoms with Gasteiger partial charge in [-0.2, -0.15) is 17.4 Å². The molecule has 0 aromatic carbocycles. The summed E-state index contributed by atoms with van der Waals surface area (Å²) in [5.74, 6) is 0.391. The first-order chi connectivity index (χ1) is 10.6. The number of rotatable bonds is 3. The van der Waals surface area contributed by atoms with Crippen LogP contribution in [0, 0.1) is 5.92 Å². The van der Waals surface area contributed by atoms with Gasteiger partial charge in [-0.3, -0.25) is 0 Å². The molecule has 2 saturated heterocycles.